The second-order valence-corrected chi connectivity index (χ2v) is 8.73. The maximum Gasteiger partial charge on any atom is 0.248 e. The van der Waals surface area contributed by atoms with E-state index in [9.17, 15) is 4.79 Å². The molecule has 2 aliphatic rings. The van der Waals surface area contributed by atoms with Gasteiger partial charge in [0.05, 0.1) is 5.52 Å². The van der Waals surface area contributed by atoms with E-state index < -0.39 is 0 Å². The molecule has 178 valence electrons. The van der Waals surface area contributed by atoms with Crippen LogP contribution < -0.4 is 15.6 Å². The number of hydrogen-bond acceptors (Lipinski definition) is 8. The van der Waals surface area contributed by atoms with Gasteiger partial charge in [-0.15, -0.1) is 0 Å². The van der Waals surface area contributed by atoms with Gasteiger partial charge in [0.15, 0.2) is 0 Å². The molecule has 9 nitrogen and oxygen atoms in total. The number of pyridine rings is 2. The number of aromatic nitrogens is 2. The molecule has 1 amide bonds. The van der Waals surface area contributed by atoms with E-state index in [0.29, 0.717) is 17.7 Å². The first-order valence-corrected chi connectivity index (χ1v) is 11.7. The summed E-state index contributed by atoms with van der Waals surface area (Å²) in [4.78, 5) is 25.3. The van der Waals surface area contributed by atoms with Gasteiger partial charge in [-0.3, -0.25) is 25.5 Å². The number of nitrogens with zero attached hydrogens (tertiary/aromatic N) is 4. The number of methoxy groups -OCH3 is 1. The second-order valence-electron chi connectivity index (χ2n) is 8.73. The number of hydrazine groups is 1. The largest absolute Gasteiger partial charge is 0.439 e. The predicted molar refractivity (Wildman–Crippen MR) is 128 cm³/mol. The van der Waals surface area contributed by atoms with Gasteiger partial charge in [-0.05, 0) is 35.7 Å². The van der Waals surface area contributed by atoms with Crippen LogP contribution in [-0.4, -0.2) is 72.1 Å². The third-order valence-corrected chi connectivity index (χ3v) is 6.33. The van der Waals surface area contributed by atoms with Crippen molar-refractivity contribution in [1.82, 2.24) is 30.6 Å². The number of amides is 1. The molecule has 2 aliphatic heterocycles. The van der Waals surface area contributed by atoms with Crippen LogP contribution in [-0.2, 0) is 16.1 Å². The molecule has 2 N–H and O–H groups in total. The van der Waals surface area contributed by atoms with Crippen LogP contribution in [0, 0.1) is 0 Å². The van der Waals surface area contributed by atoms with Crippen molar-refractivity contribution in [3.63, 3.8) is 0 Å². The van der Waals surface area contributed by atoms with Crippen molar-refractivity contribution < 1.29 is 14.3 Å². The van der Waals surface area contributed by atoms with Crippen LogP contribution in [0.2, 0.25) is 0 Å². The number of rotatable bonds is 7. The molecule has 0 aliphatic carbocycles. The van der Waals surface area contributed by atoms with Gasteiger partial charge in [-0.1, -0.05) is 6.07 Å². The number of carbonyl (C=O) groups is 1. The summed E-state index contributed by atoms with van der Waals surface area (Å²) in [5.74, 6) is 1.33. The van der Waals surface area contributed by atoms with Gasteiger partial charge in [-0.2, -0.15) is 0 Å². The first-order valence-electron chi connectivity index (χ1n) is 11.7. The van der Waals surface area contributed by atoms with Crippen LogP contribution in [0.5, 0.6) is 11.6 Å². The molecule has 0 bridgehead atoms. The molecule has 0 spiro atoms. The molecule has 1 atom stereocenters. The Morgan fingerprint density at radius 1 is 1.09 bits per heavy atom. The summed E-state index contributed by atoms with van der Waals surface area (Å²) in [5.41, 5.74) is 9.57. The molecule has 5 rings (SSSR count). The van der Waals surface area contributed by atoms with Crippen LogP contribution in [0.25, 0.3) is 10.9 Å². The fraction of sp³-hybridized carbons (Fsp3) is 0.400. The monoisotopic (exact) mass is 462 g/mol. The lowest BCUT2D eigenvalue weighted by Crippen LogP contribution is -2.49. The predicted octanol–water partition coefficient (Wildman–Crippen LogP) is 2.25. The zero-order chi connectivity index (χ0) is 23.3. The first-order chi connectivity index (χ1) is 16.7. The molecule has 34 heavy (non-hydrogen) atoms. The fourth-order valence-electron chi connectivity index (χ4n) is 4.44. The number of fused-ring (bicyclic) bond motifs is 1. The highest BCUT2D eigenvalue weighted by molar-refractivity contribution is 5.80. The van der Waals surface area contributed by atoms with Gasteiger partial charge >= 0.3 is 0 Å². The van der Waals surface area contributed by atoms with Crippen molar-refractivity contribution in [1.29, 1.82) is 0 Å². The van der Waals surface area contributed by atoms with E-state index in [-0.39, 0.29) is 12.5 Å². The SMILES string of the molecule is COCC(=O)N1CCN(Cc2cnc3cc(Oc4ccc(C5CCNN5)cn4)ccc3c2)CC1. The molecule has 1 aromatic carbocycles. The van der Waals surface area contributed by atoms with E-state index in [1.807, 2.05) is 47.6 Å². The quantitative estimate of drug-likeness (QED) is 0.553. The van der Waals surface area contributed by atoms with Gasteiger partial charge in [-0.25, -0.2) is 4.98 Å². The zero-order valence-electron chi connectivity index (χ0n) is 19.4. The fourth-order valence-corrected chi connectivity index (χ4v) is 4.44. The lowest BCUT2D eigenvalue weighted by molar-refractivity contribution is -0.136. The summed E-state index contributed by atoms with van der Waals surface area (Å²) in [6.45, 7) is 5.08. The van der Waals surface area contributed by atoms with Crippen molar-refractivity contribution >= 4 is 16.8 Å². The number of ether oxygens (including phenoxy) is 2. The van der Waals surface area contributed by atoms with Crippen LogP contribution in [0.15, 0.2) is 48.8 Å². The Hall–Kier alpha value is -3.11. The van der Waals surface area contributed by atoms with E-state index in [2.05, 4.69) is 31.8 Å². The maximum absolute atomic E-state index is 12.0. The van der Waals surface area contributed by atoms with Gasteiger partial charge < -0.3 is 14.4 Å². The molecule has 0 saturated carbocycles. The summed E-state index contributed by atoms with van der Waals surface area (Å²) in [6.07, 6.45) is 4.83. The standard InChI is InChI=1S/C25H30N6O3/c1-33-17-25(32)31-10-8-30(9-11-31)16-18-12-19-2-4-21(13-23(19)26-14-18)34-24-5-3-20(15-27-24)22-6-7-28-29-22/h2-5,12-15,22,28-29H,6-11,16-17H2,1H3. The van der Waals surface area contributed by atoms with Crippen molar-refractivity contribution in [2.45, 2.75) is 19.0 Å². The van der Waals surface area contributed by atoms with Crippen LogP contribution in [0.4, 0.5) is 0 Å². The molecule has 1 unspecified atom stereocenters. The Labute approximate surface area is 199 Å². The Morgan fingerprint density at radius 2 is 1.97 bits per heavy atom. The molecule has 3 aromatic rings. The van der Waals surface area contributed by atoms with Crippen LogP contribution >= 0.6 is 0 Å². The highest BCUT2D eigenvalue weighted by Gasteiger charge is 2.21. The van der Waals surface area contributed by atoms with E-state index in [4.69, 9.17) is 9.47 Å². The van der Waals surface area contributed by atoms with E-state index in [1.54, 1.807) is 7.11 Å². The number of nitrogens with one attached hydrogen (secondary N) is 2. The summed E-state index contributed by atoms with van der Waals surface area (Å²) in [5, 5.41) is 1.07. The molecule has 9 heteroatoms. The highest BCUT2D eigenvalue weighted by atomic mass is 16.5. The molecule has 2 fully saturated rings. The van der Waals surface area contributed by atoms with Crippen molar-refractivity contribution in [2.24, 2.45) is 0 Å². The normalized spacial score (nSPS) is 19.0. The number of hydrogen-bond donors (Lipinski definition) is 2. The van der Waals surface area contributed by atoms with Gasteiger partial charge in [0.1, 0.15) is 12.4 Å². The minimum absolute atomic E-state index is 0.0572. The minimum Gasteiger partial charge on any atom is -0.439 e. The minimum atomic E-state index is 0.0572. The number of piperazine rings is 1. The van der Waals surface area contributed by atoms with E-state index >= 15 is 0 Å². The highest BCUT2D eigenvalue weighted by Crippen LogP contribution is 2.26. The molecular formula is C25H30N6O3. The summed E-state index contributed by atoms with van der Waals surface area (Å²) in [7, 11) is 1.55. The molecule has 2 aromatic heterocycles. The molecule has 0 radical (unpaired) electrons. The lowest BCUT2D eigenvalue weighted by Gasteiger charge is -2.34. The molecule has 4 heterocycles. The van der Waals surface area contributed by atoms with Crippen molar-refractivity contribution in [2.75, 3.05) is 46.4 Å². The number of benzene rings is 1. The summed E-state index contributed by atoms with van der Waals surface area (Å²) in [6, 6.07) is 12.3. The Kier molecular flexibility index (Phi) is 6.96. The average Bonchev–Trinajstić information content (AvgIpc) is 3.40. The van der Waals surface area contributed by atoms with Crippen LogP contribution in [0.1, 0.15) is 23.6 Å². The summed E-state index contributed by atoms with van der Waals surface area (Å²) >= 11 is 0. The Balaban J connectivity index is 1.19. The van der Waals surface area contributed by atoms with Gasteiger partial charge in [0.2, 0.25) is 11.8 Å². The average molecular weight is 463 g/mol. The van der Waals surface area contributed by atoms with Crippen LogP contribution in [0.3, 0.4) is 0 Å². The third kappa shape index (κ3) is 5.34. The first kappa shape index (κ1) is 22.7. The molecular weight excluding hydrogens is 432 g/mol. The Morgan fingerprint density at radius 3 is 2.71 bits per heavy atom. The van der Waals surface area contributed by atoms with E-state index in [0.717, 1.165) is 67.7 Å². The van der Waals surface area contributed by atoms with Crippen molar-refractivity contribution in [3.8, 4) is 11.6 Å². The maximum atomic E-state index is 12.0. The summed E-state index contributed by atoms with van der Waals surface area (Å²) < 4.78 is 10.9. The molecule has 2 saturated heterocycles. The van der Waals surface area contributed by atoms with Gasteiger partial charge in [0.25, 0.3) is 0 Å². The third-order valence-electron chi connectivity index (χ3n) is 6.33. The van der Waals surface area contributed by atoms with E-state index in [1.165, 1.54) is 0 Å². The topological polar surface area (TPSA) is 91.9 Å². The van der Waals surface area contributed by atoms with Crippen molar-refractivity contribution in [3.05, 3.63) is 59.9 Å². The zero-order valence-corrected chi connectivity index (χ0v) is 19.4. The Bertz CT molecular complexity index is 1130. The second kappa shape index (κ2) is 10.4. The number of carbonyl (C=O) groups excluding carboxylic acids is 1. The van der Waals surface area contributed by atoms with Gasteiger partial charge in [0, 0.05) is 82.3 Å². The smallest absolute Gasteiger partial charge is 0.248 e. The lowest BCUT2D eigenvalue weighted by atomic mass is 10.1.